The second kappa shape index (κ2) is 2.10. The SMILES string of the molecule is C=C1Nc2ccccc2C1N. The molecule has 2 rings (SSSR count). The van der Waals surface area contributed by atoms with Crippen molar-refractivity contribution in [3.8, 4) is 0 Å². The molecule has 1 aromatic carbocycles. The topological polar surface area (TPSA) is 38.0 Å². The molecule has 1 aliphatic heterocycles. The minimum absolute atomic E-state index is 0.0359. The highest BCUT2D eigenvalue weighted by atomic mass is 15.0. The molecule has 1 unspecified atom stereocenters. The van der Waals surface area contributed by atoms with Crippen LogP contribution in [0.4, 0.5) is 5.69 Å². The fourth-order valence-corrected chi connectivity index (χ4v) is 1.32. The molecular weight excluding hydrogens is 136 g/mol. The van der Waals surface area contributed by atoms with Crippen LogP contribution in [0, 0.1) is 0 Å². The molecule has 0 aromatic heterocycles. The Morgan fingerprint density at radius 3 is 2.82 bits per heavy atom. The number of para-hydroxylation sites is 1. The molecule has 1 aromatic rings. The largest absolute Gasteiger partial charge is 0.358 e. The van der Waals surface area contributed by atoms with Crippen molar-refractivity contribution in [3.05, 3.63) is 42.1 Å². The minimum Gasteiger partial charge on any atom is -0.358 e. The fourth-order valence-electron chi connectivity index (χ4n) is 1.32. The number of nitrogens with one attached hydrogen (secondary N) is 1. The molecule has 1 heterocycles. The maximum Gasteiger partial charge on any atom is 0.0718 e. The van der Waals surface area contributed by atoms with Crippen LogP contribution in [0.15, 0.2) is 36.5 Å². The second-order valence-corrected chi connectivity index (χ2v) is 2.72. The van der Waals surface area contributed by atoms with E-state index in [4.69, 9.17) is 5.73 Å². The van der Waals surface area contributed by atoms with Gasteiger partial charge in [-0.25, -0.2) is 0 Å². The molecule has 11 heavy (non-hydrogen) atoms. The third kappa shape index (κ3) is 0.835. The molecule has 0 saturated carbocycles. The van der Waals surface area contributed by atoms with E-state index in [9.17, 15) is 0 Å². The number of rotatable bonds is 0. The van der Waals surface area contributed by atoms with Crippen molar-refractivity contribution in [2.24, 2.45) is 5.73 Å². The summed E-state index contributed by atoms with van der Waals surface area (Å²) in [5.74, 6) is 0. The number of fused-ring (bicyclic) bond motifs is 1. The van der Waals surface area contributed by atoms with Gasteiger partial charge in [0.05, 0.1) is 6.04 Å². The lowest BCUT2D eigenvalue weighted by Crippen LogP contribution is -2.08. The molecule has 0 bridgehead atoms. The number of nitrogens with two attached hydrogens (primary N) is 1. The van der Waals surface area contributed by atoms with Crippen LogP contribution in [-0.2, 0) is 0 Å². The maximum absolute atomic E-state index is 5.83. The Hall–Kier alpha value is -1.28. The Balaban J connectivity index is 2.55. The van der Waals surface area contributed by atoms with Crippen molar-refractivity contribution in [2.75, 3.05) is 5.32 Å². The van der Waals surface area contributed by atoms with Gasteiger partial charge in [-0.15, -0.1) is 0 Å². The molecule has 2 nitrogen and oxygen atoms in total. The van der Waals surface area contributed by atoms with E-state index in [1.54, 1.807) is 0 Å². The monoisotopic (exact) mass is 146 g/mol. The van der Waals surface area contributed by atoms with Crippen molar-refractivity contribution >= 4 is 5.69 Å². The third-order valence-electron chi connectivity index (χ3n) is 1.97. The van der Waals surface area contributed by atoms with Gasteiger partial charge >= 0.3 is 0 Å². The van der Waals surface area contributed by atoms with Gasteiger partial charge in [-0.05, 0) is 11.6 Å². The van der Waals surface area contributed by atoms with Gasteiger partial charge < -0.3 is 11.1 Å². The summed E-state index contributed by atoms with van der Waals surface area (Å²) in [5, 5.41) is 3.13. The highest BCUT2D eigenvalue weighted by Crippen LogP contribution is 2.33. The molecule has 0 spiro atoms. The zero-order chi connectivity index (χ0) is 7.84. The van der Waals surface area contributed by atoms with E-state index >= 15 is 0 Å². The van der Waals surface area contributed by atoms with E-state index in [0.29, 0.717) is 0 Å². The van der Waals surface area contributed by atoms with Crippen LogP contribution in [0.5, 0.6) is 0 Å². The summed E-state index contributed by atoms with van der Waals surface area (Å²) in [5.41, 5.74) is 8.93. The van der Waals surface area contributed by atoms with Crippen LogP contribution in [0.3, 0.4) is 0 Å². The highest BCUT2D eigenvalue weighted by Gasteiger charge is 2.20. The molecule has 0 aliphatic carbocycles. The van der Waals surface area contributed by atoms with Crippen molar-refractivity contribution in [2.45, 2.75) is 6.04 Å². The standard InChI is InChI=1S/C9H10N2/c1-6-9(10)7-4-2-3-5-8(7)11-6/h2-5,9,11H,1,10H2. The zero-order valence-electron chi connectivity index (χ0n) is 6.17. The number of hydrogen-bond donors (Lipinski definition) is 2. The van der Waals surface area contributed by atoms with Gasteiger partial charge in [-0.3, -0.25) is 0 Å². The van der Waals surface area contributed by atoms with Gasteiger partial charge in [0.2, 0.25) is 0 Å². The predicted molar refractivity (Wildman–Crippen MR) is 46.1 cm³/mol. The van der Waals surface area contributed by atoms with Crippen LogP contribution >= 0.6 is 0 Å². The van der Waals surface area contributed by atoms with Gasteiger partial charge in [0.15, 0.2) is 0 Å². The Bertz CT molecular complexity index is 304. The number of hydrogen-bond acceptors (Lipinski definition) is 2. The lowest BCUT2D eigenvalue weighted by molar-refractivity contribution is 0.897. The molecule has 56 valence electrons. The molecule has 1 atom stereocenters. The van der Waals surface area contributed by atoms with Crippen molar-refractivity contribution in [1.82, 2.24) is 0 Å². The first-order valence-electron chi connectivity index (χ1n) is 3.59. The zero-order valence-corrected chi connectivity index (χ0v) is 6.17. The first-order valence-corrected chi connectivity index (χ1v) is 3.59. The lowest BCUT2D eigenvalue weighted by atomic mass is 10.1. The molecule has 0 fully saturated rings. The first-order chi connectivity index (χ1) is 5.29. The van der Waals surface area contributed by atoms with E-state index in [1.165, 1.54) is 0 Å². The summed E-state index contributed by atoms with van der Waals surface area (Å²) in [6.07, 6.45) is 0. The average Bonchev–Trinajstić information content (AvgIpc) is 2.30. The molecule has 0 radical (unpaired) electrons. The van der Waals surface area contributed by atoms with Gasteiger partial charge in [0, 0.05) is 11.4 Å². The third-order valence-corrected chi connectivity index (χ3v) is 1.97. The minimum atomic E-state index is -0.0359. The second-order valence-electron chi connectivity index (χ2n) is 2.72. The summed E-state index contributed by atoms with van der Waals surface area (Å²) >= 11 is 0. The Kier molecular flexibility index (Phi) is 1.23. The Labute approximate surface area is 65.7 Å². The molecule has 3 N–H and O–H groups in total. The summed E-state index contributed by atoms with van der Waals surface area (Å²) in [6, 6.07) is 7.96. The summed E-state index contributed by atoms with van der Waals surface area (Å²) < 4.78 is 0. The van der Waals surface area contributed by atoms with Gasteiger partial charge in [0.25, 0.3) is 0 Å². The smallest absolute Gasteiger partial charge is 0.0718 e. The van der Waals surface area contributed by atoms with E-state index in [2.05, 4.69) is 11.9 Å². The number of benzene rings is 1. The summed E-state index contributed by atoms with van der Waals surface area (Å²) in [7, 11) is 0. The van der Waals surface area contributed by atoms with E-state index in [0.717, 1.165) is 16.9 Å². The van der Waals surface area contributed by atoms with E-state index in [-0.39, 0.29) is 6.04 Å². The Morgan fingerprint density at radius 2 is 2.09 bits per heavy atom. The van der Waals surface area contributed by atoms with Crippen LogP contribution in [0.25, 0.3) is 0 Å². The van der Waals surface area contributed by atoms with Gasteiger partial charge in [-0.1, -0.05) is 24.8 Å². The van der Waals surface area contributed by atoms with Gasteiger partial charge in [0.1, 0.15) is 0 Å². The summed E-state index contributed by atoms with van der Waals surface area (Å²) in [4.78, 5) is 0. The van der Waals surface area contributed by atoms with E-state index in [1.807, 2.05) is 24.3 Å². The quantitative estimate of drug-likeness (QED) is 0.583. The lowest BCUT2D eigenvalue weighted by Gasteiger charge is -2.01. The molecule has 0 amide bonds. The normalized spacial score (nSPS) is 21.2. The molecule has 0 saturated heterocycles. The molecule has 1 aliphatic rings. The van der Waals surface area contributed by atoms with Crippen LogP contribution < -0.4 is 11.1 Å². The Morgan fingerprint density at radius 1 is 1.36 bits per heavy atom. The highest BCUT2D eigenvalue weighted by molar-refractivity contribution is 5.63. The van der Waals surface area contributed by atoms with E-state index < -0.39 is 0 Å². The first kappa shape index (κ1) is 6.43. The van der Waals surface area contributed by atoms with Crippen molar-refractivity contribution in [1.29, 1.82) is 0 Å². The van der Waals surface area contributed by atoms with Gasteiger partial charge in [-0.2, -0.15) is 0 Å². The van der Waals surface area contributed by atoms with Crippen molar-refractivity contribution in [3.63, 3.8) is 0 Å². The summed E-state index contributed by atoms with van der Waals surface area (Å²) in [6.45, 7) is 3.81. The molecular formula is C9H10N2. The average molecular weight is 146 g/mol. The fraction of sp³-hybridized carbons (Fsp3) is 0.111. The maximum atomic E-state index is 5.83. The van der Waals surface area contributed by atoms with Crippen LogP contribution in [0.1, 0.15) is 11.6 Å². The van der Waals surface area contributed by atoms with Crippen LogP contribution in [-0.4, -0.2) is 0 Å². The van der Waals surface area contributed by atoms with Crippen LogP contribution in [0.2, 0.25) is 0 Å². The predicted octanol–water partition coefficient (Wildman–Crippen LogP) is 1.63. The molecule has 2 heteroatoms. The number of anilines is 1. The van der Waals surface area contributed by atoms with Crippen molar-refractivity contribution < 1.29 is 0 Å².